The molecular weight excluding hydrogens is 378 g/mol. The minimum Gasteiger partial charge on any atom is -0.493 e. The number of aromatic nitrogens is 3. The fraction of sp³-hybridized carbons (Fsp3) is 0.250. The molecule has 0 atom stereocenters. The first kappa shape index (κ1) is 19.9. The van der Waals surface area contributed by atoms with Gasteiger partial charge >= 0.3 is 0 Å². The number of benzene rings is 2. The van der Waals surface area contributed by atoms with Crippen molar-refractivity contribution in [3.63, 3.8) is 0 Å². The Morgan fingerprint density at radius 2 is 1.75 bits per heavy atom. The van der Waals surface area contributed by atoms with Gasteiger partial charge in [0.2, 0.25) is 0 Å². The number of Topliss-reactive ketones (excluding diaryl/α,β-unsaturated/α-hetero) is 1. The predicted molar refractivity (Wildman–Crippen MR) is 107 cm³/mol. The van der Waals surface area contributed by atoms with Crippen molar-refractivity contribution in [1.29, 1.82) is 0 Å². The Balaban J connectivity index is 1.80. The zero-order chi connectivity index (χ0) is 19.9. The first-order valence-corrected chi connectivity index (χ1v) is 9.53. The normalized spacial score (nSPS) is 10.7. The quantitative estimate of drug-likeness (QED) is 0.403. The van der Waals surface area contributed by atoms with E-state index in [2.05, 4.69) is 10.2 Å². The second kappa shape index (κ2) is 9.38. The third-order valence-corrected chi connectivity index (χ3v) is 4.96. The number of methoxy groups -OCH3 is 3. The van der Waals surface area contributed by atoms with Crippen LogP contribution in [0.5, 0.6) is 11.5 Å². The van der Waals surface area contributed by atoms with E-state index in [-0.39, 0.29) is 11.5 Å². The molecule has 8 heteroatoms. The molecule has 0 unspecified atom stereocenters. The van der Waals surface area contributed by atoms with Crippen LogP contribution in [-0.4, -0.2) is 47.6 Å². The average molecular weight is 399 g/mol. The standard InChI is InChI=1S/C20H21N3O4S/c1-25-12-19-21-22-20(23(19)15-7-5-4-6-8-15)28-13-16(24)14-9-10-17(26-2)18(11-14)27-3/h4-11H,12-13H2,1-3H3. The van der Waals surface area contributed by atoms with Crippen molar-refractivity contribution in [2.75, 3.05) is 27.1 Å². The molecule has 0 bridgehead atoms. The van der Waals surface area contributed by atoms with Gasteiger partial charge in [0.25, 0.3) is 0 Å². The zero-order valence-electron chi connectivity index (χ0n) is 15.9. The molecule has 1 heterocycles. The molecule has 0 aliphatic rings. The maximum absolute atomic E-state index is 12.7. The zero-order valence-corrected chi connectivity index (χ0v) is 16.7. The molecule has 3 aromatic rings. The fourth-order valence-electron chi connectivity index (χ4n) is 2.68. The summed E-state index contributed by atoms with van der Waals surface area (Å²) in [6, 6.07) is 14.9. The Labute approximate surface area is 167 Å². The summed E-state index contributed by atoms with van der Waals surface area (Å²) in [5, 5.41) is 9.07. The third kappa shape index (κ3) is 4.35. The minimum absolute atomic E-state index is 0.0399. The second-order valence-electron chi connectivity index (χ2n) is 5.78. The number of thioether (sulfide) groups is 1. The molecule has 0 radical (unpaired) electrons. The van der Waals surface area contributed by atoms with Crippen LogP contribution < -0.4 is 9.47 Å². The summed E-state index contributed by atoms with van der Waals surface area (Å²) in [5.41, 5.74) is 1.47. The van der Waals surface area contributed by atoms with Crippen LogP contribution in [0.2, 0.25) is 0 Å². The van der Waals surface area contributed by atoms with Crippen molar-refractivity contribution in [2.45, 2.75) is 11.8 Å². The maximum atomic E-state index is 12.7. The lowest BCUT2D eigenvalue weighted by atomic mass is 10.1. The van der Waals surface area contributed by atoms with E-state index in [1.54, 1.807) is 39.5 Å². The SMILES string of the molecule is COCc1nnc(SCC(=O)c2ccc(OC)c(OC)c2)n1-c1ccccc1. The van der Waals surface area contributed by atoms with E-state index in [0.29, 0.717) is 34.7 Å². The summed E-state index contributed by atoms with van der Waals surface area (Å²) in [6.45, 7) is 0.325. The Kier molecular flexibility index (Phi) is 6.67. The van der Waals surface area contributed by atoms with Crippen molar-refractivity contribution in [3.05, 3.63) is 59.9 Å². The molecule has 28 heavy (non-hydrogen) atoms. The monoisotopic (exact) mass is 399 g/mol. The summed E-state index contributed by atoms with van der Waals surface area (Å²) >= 11 is 1.33. The van der Waals surface area contributed by atoms with Crippen molar-refractivity contribution >= 4 is 17.5 Å². The number of carbonyl (C=O) groups excluding carboxylic acids is 1. The first-order valence-electron chi connectivity index (χ1n) is 8.54. The Morgan fingerprint density at radius 3 is 2.43 bits per heavy atom. The average Bonchev–Trinajstić information content (AvgIpc) is 3.14. The predicted octanol–water partition coefficient (Wildman–Crippen LogP) is 3.41. The highest BCUT2D eigenvalue weighted by Gasteiger charge is 2.17. The Hall–Kier alpha value is -2.84. The van der Waals surface area contributed by atoms with Gasteiger partial charge in [-0.15, -0.1) is 10.2 Å². The number of para-hydroxylation sites is 1. The lowest BCUT2D eigenvalue weighted by Gasteiger charge is -2.10. The summed E-state index contributed by atoms with van der Waals surface area (Å²) in [6.07, 6.45) is 0. The molecule has 0 amide bonds. The topological polar surface area (TPSA) is 75.5 Å². The highest BCUT2D eigenvalue weighted by molar-refractivity contribution is 7.99. The van der Waals surface area contributed by atoms with Crippen LogP contribution in [0.4, 0.5) is 0 Å². The highest BCUT2D eigenvalue weighted by Crippen LogP contribution is 2.29. The number of ketones is 1. The van der Waals surface area contributed by atoms with Crippen LogP contribution in [0.1, 0.15) is 16.2 Å². The van der Waals surface area contributed by atoms with Gasteiger partial charge in [-0.25, -0.2) is 0 Å². The van der Waals surface area contributed by atoms with Crippen molar-refractivity contribution in [2.24, 2.45) is 0 Å². The van der Waals surface area contributed by atoms with Gasteiger partial charge in [-0.3, -0.25) is 9.36 Å². The van der Waals surface area contributed by atoms with Gasteiger partial charge in [0, 0.05) is 18.4 Å². The number of hydrogen-bond acceptors (Lipinski definition) is 7. The molecule has 146 valence electrons. The van der Waals surface area contributed by atoms with Gasteiger partial charge in [-0.2, -0.15) is 0 Å². The summed E-state index contributed by atoms with van der Waals surface area (Å²) in [5.74, 6) is 1.96. The molecule has 3 rings (SSSR count). The van der Waals surface area contributed by atoms with Gasteiger partial charge in [0.1, 0.15) is 6.61 Å². The lowest BCUT2D eigenvalue weighted by molar-refractivity contribution is 0.102. The molecule has 0 N–H and O–H groups in total. The van der Waals surface area contributed by atoms with Crippen molar-refractivity contribution < 1.29 is 19.0 Å². The molecule has 7 nitrogen and oxygen atoms in total. The summed E-state index contributed by atoms with van der Waals surface area (Å²) in [4.78, 5) is 12.7. The van der Waals surface area contributed by atoms with Crippen LogP contribution in [0.15, 0.2) is 53.7 Å². The van der Waals surface area contributed by atoms with Gasteiger partial charge < -0.3 is 14.2 Å². The third-order valence-electron chi connectivity index (χ3n) is 4.03. The van der Waals surface area contributed by atoms with Crippen LogP contribution in [0.25, 0.3) is 5.69 Å². The van der Waals surface area contributed by atoms with E-state index >= 15 is 0 Å². The van der Waals surface area contributed by atoms with Crippen molar-refractivity contribution in [1.82, 2.24) is 14.8 Å². The first-order chi connectivity index (χ1) is 13.7. The summed E-state index contributed by atoms with van der Waals surface area (Å²) < 4.78 is 17.6. The van der Waals surface area contributed by atoms with E-state index in [1.165, 1.54) is 11.8 Å². The molecule has 0 fully saturated rings. The van der Waals surface area contributed by atoms with E-state index in [0.717, 1.165) is 5.69 Å². The molecule has 0 aliphatic carbocycles. The Morgan fingerprint density at radius 1 is 1.00 bits per heavy atom. The van der Waals surface area contributed by atoms with Crippen LogP contribution in [0, 0.1) is 0 Å². The van der Waals surface area contributed by atoms with Gasteiger partial charge in [0.15, 0.2) is 28.3 Å². The number of ether oxygens (including phenoxy) is 3. The number of nitrogens with zero attached hydrogens (tertiary/aromatic N) is 3. The highest BCUT2D eigenvalue weighted by atomic mass is 32.2. The molecular formula is C20H21N3O4S. The largest absolute Gasteiger partial charge is 0.493 e. The van der Waals surface area contributed by atoms with Crippen LogP contribution >= 0.6 is 11.8 Å². The summed E-state index contributed by atoms with van der Waals surface area (Å²) in [7, 11) is 4.71. The number of rotatable bonds is 9. The van der Waals surface area contributed by atoms with Crippen molar-refractivity contribution in [3.8, 4) is 17.2 Å². The smallest absolute Gasteiger partial charge is 0.196 e. The molecule has 0 aliphatic heterocycles. The molecule has 0 spiro atoms. The molecule has 0 saturated heterocycles. The number of carbonyl (C=O) groups is 1. The van der Waals surface area contributed by atoms with E-state index in [4.69, 9.17) is 14.2 Å². The van der Waals surface area contributed by atoms with Crippen LogP contribution in [-0.2, 0) is 11.3 Å². The molecule has 0 saturated carbocycles. The van der Waals surface area contributed by atoms with E-state index < -0.39 is 0 Å². The van der Waals surface area contributed by atoms with Crippen LogP contribution in [0.3, 0.4) is 0 Å². The van der Waals surface area contributed by atoms with E-state index in [1.807, 2.05) is 34.9 Å². The van der Waals surface area contributed by atoms with Gasteiger partial charge in [-0.1, -0.05) is 30.0 Å². The number of hydrogen-bond donors (Lipinski definition) is 0. The van der Waals surface area contributed by atoms with Gasteiger partial charge in [-0.05, 0) is 30.3 Å². The lowest BCUT2D eigenvalue weighted by Crippen LogP contribution is -2.07. The maximum Gasteiger partial charge on any atom is 0.196 e. The molecule has 1 aromatic heterocycles. The minimum atomic E-state index is -0.0399. The fourth-order valence-corrected chi connectivity index (χ4v) is 3.54. The molecule has 2 aromatic carbocycles. The van der Waals surface area contributed by atoms with Gasteiger partial charge in [0.05, 0.1) is 20.0 Å². The Bertz CT molecular complexity index is 944. The second-order valence-corrected chi connectivity index (χ2v) is 6.73. The van der Waals surface area contributed by atoms with E-state index in [9.17, 15) is 4.79 Å².